The highest BCUT2D eigenvalue weighted by atomic mass is 16.5. The van der Waals surface area contributed by atoms with Gasteiger partial charge in [0.1, 0.15) is 12.6 Å². The highest BCUT2D eigenvalue weighted by Gasteiger charge is 2.29. The molecule has 0 radical (unpaired) electrons. The summed E-state index contributed by atoms with van der Waals surface area (Å²) in [6.07, 6.45) is 1.24. The van der Waals surface area contributed by atoms with Crippen LogP contribution in [0.25, 0.3) is 11.1 Å². The van der Waals surface area contributed by atoms with Crippen molar-refractivity contribution in [2.75, 3.05) is 13.1 Å². The number of carbonyl (C=O) groups is 3. The number of nitrogens with zero attached hydrogens (tertiary/aromatic N) is 1. The van der Waals surface area contributed by atoms with Crippen molar-refractivity contribution in [1.29, 1.82) is 0 Å². The zero-order valence-corrected chi connectivity index (χ0v) is 26.0. The minimum absolute atomic E-state index is 0.0942. The first-order chi connectivity index (χ1) is 21.8. The van der Waals surface area contributed by atoms with Gasteiger partial charge in [-0.15, -0.1) is 0 Å². The quantitative estimate of drug-likeness (QED) is 0.142. The van der Waals surface area contributed by atoms with Crippen molar-refractivity contribution >= 4 is 18.0 Å². The van der Waals surface area contributed by atoms with Crippen LogP contribution in [0, 0.1) is 11.8 Å². The number of esters is 1. The van der Waals surface area contributed by atoms with Crippen molar-refractivity contribution in [3.05, 3.63) is 132 Å². The number of carboxylic acids is 1. The van der Waals surface area contributed by atoms with Crippen LogP contribution >= 0.6 is 0 Å². The molecule has 2 N–H and O–H groups in total. The number of hydrogen-bond donors (Lipinski definition) is 2. The molecule has 4 aromatic carbocycles. The summed E-state index contributed by atoms with van der Waals surface area (Å²) in [5, 5.41) is 12.8. The summed E-state index contributed by atoms with van der Waals surface area (Å²) in [4.78, 5) is 41.0. The topological polar surface area (TPSA) is 95.9 Å². The highest BCUT2D eigenvalue weighted by molar-refractivity contribution is 5.83. The third kappa shape index (κ3) is 10.6. The second kappa shape index (κ2) is 16.8. The van der Waals surface area contributed by atoms with Crippen molar-refractivity contribution in [1.82, 2.24) is 10.2 Å². The lowest BCUT2D eigenvalue weighted by Crippen LogP contribution is -2.51. The molecule has 0 bridgehead atoms. The second-order valence-electron chi connectivity index (χ2n) is 11.7. The molecule has 2 unspecified atom stereocenters. The lowest BCUT2D eigenvalue weighted by molar-refractivity contribution is -0.150. The molecular weight excluding hydrogens is 564 g/mol. The van der Waals surface area contributed by atoms with E-state index in [2.05, 4.69) is 5.32 Å². The molecule has 234 valence electrons. The Morgan fingerprint density at radius 1 is 0.733 bits per heavy atom. The fourth-order valence-electron chi connectivity index (χ4n) is 5.25. The van der Waals surface area contributed by atoms with E-state index in [1.54, 1.807) is 4.90 Å². The van der Waals surface area contributed by atoms with Gasteiger partial charge in [0.05, 0.1) is 5.92 Å². The fourth-order valence-corrected chi connectivity index (χ4v) is 5.25. The first-order valence-electron chi connectivity index (χ1n) is 15.5. The normalized spacial score (nSPS) is 12.2. The average Bonchev–Trinajstić information content (AvgIpc) is 3.06. The van der Waals surface area contributed by atoms with Crippen LogP contribution in [0.1, 0.15) is 37.0 Å². The Balaban J connectivity index is 1.48. The second-order valence-corrected chi connectivity index (χ2v) is 11.7. The number of hydrogen-bond acceptors (Lipinski definition) is 4. The minimum atomic E-state index is -1.15. The molecular formula is C38H42N2O5. The summed E-state index contributed by atoms with van der Waals surface area (Å²) in [6.45, 7) is 4.57. The summed E-state index contributed by atoms with van der Waals surface area (Å²) in [5.41, 5.74) is 4.76. The smallest absolute Gasteiger partial charge is 0.326 e. The van der Waals surface area contributed by atoms with Gasteiger partial charge in [-0.1, -0.05) is 129 Å². The van der Waals surface area contributed by atoms with Crippen LogP contribution in [0.15, 0.2) is 115 Å². The number of benzene rings is 4. The zero-order chi connectivity index (χ0) is 32.0. The number of carbonyl (C=O) groups excluding carboxylic acids is 2. The number of urea groups is 1. The molecule has 0 aromatic heterocycles. The summed E-state index contributed by atoms with van der Waals surface area (Å²) in [6, 6.07) is 35.2. The number of nitrogens with one attached hydrogen (secondary N) is 1. The van der Waals surface area contributed by atoms with E-state index in [1.165, 1.54) is 0 Å². The van der Waals surface area contributed by atoms with Gasteiger partial charge in [0.2, 0.25) is 0 Å². The van der Waals surface area contributed by atoms with Gasteiger partial charge >= 0.3 is 18.0 Å². The first kappa shape index (κ1) is 33.0. The Morgan fingerprint density at radius 2 is 1.31 bits per heavy atom. The average molecular weight is 607 g/mol. The van der Waals surface area contributed by atoms with Crippen LogP contribution in [0.4, 0.5) is 4.79 Å². The predicted octanol–water partition coefficient (Wildman–Crippen LogP) is 7.01. The van der Waals surface area contributed by atoms with E-state index in [4.69, 9.17) is 4.74 Å². The van der Waals surface area contributed by atoms with Gasteiger partial charge in [-0.2, -0.15) is 0 Å². The van der Waals surface area contributed by atoms with Gasteiger partial charge in [0, 0.05) is 19.5 Å². The molecule has 0 fully saturated rings. The first-order valence-corrected chi connectivity index (χ1v) is 15.5. The van der Waals surface area contributed by atoms with Crippen LogP contribution in [0.2, 0.25) is 0 Å². The molecule has 2 atom stereocenters. The summed E-state index contributed by atoms with van der Waals surface area (Å²) in [7, 11) is 0. The zero-order valence-electron chi connectivity index (χ0n) is 26.0. The Labute approximate surface area is 265 Å². The van der Waals surface area contributed by atoms with Gasteiger partial charge in [-0.25, -0.2) is 9.59 Å². The van der Waals surface area contributed by atoms with Crippen LogP contribution < -0.4 is 5.32 Å². The maximum atomic E-state index is 13.7. The monoisotopic (exact) mass is 606 g/mol. The standard InChI is InChI=1S/C38H42N2O5/c1-28(2)25-40(26-34(22-21-29-13-6-3-7-14-29)37(43)45-27-30-15-8-4-9-16-30)38(44)39-35(36(41)42)24-31-17-12-20-33(23-31)32-18-10-5-11-19-32/h3-20,23,28,34-35H,21-22,24-27H2,1-2H3,(H,39,44)(H,41,42). The summed E-state index contributed by atoms with van der Waals surface area (Å²) < 4.78 is 5.72. The SMILES string of the molecule is CC(C)CN(CC(CCc1ccccc1)C(=O)OCc1ccccc1)C(=O)NC(Cc1cccc(-c2ccccc2)c1)C(=O)O. The van der Waals surface area contributed by atoms with Crippen molar-refractivity contribution < 1.29 is 24.2 Å². The fraction of sp³-hybridized carbons (Fsp3) is 0.289. The largest absolute Gasteiger partial charge is 0.480 e. The number of ether oxygens (including phenoxy) is 1. The third-order valence-electron chi connectivity index (χ3n) is 7.56. The van der Waals surface area contributed by atoms with E-state index in [0.717, 1.165) is 27.8 Å². The van der Waals surface area contributed by atoms with Gasteiger partial charge in [0.15, 0.2) is 0 Å². The van der Waals surface area contributed by atoms with E-state index in [1.807, 2.05) is 129 Å². The lowest BCUT2D eigenvalue weighted by atomic mass is 9.98. The molecule has 2 amide bonds. The van der Waals surface area contributed by atoms with E-state index >= 15 is 0 Å². The Bertz CT molecular complexity index is 1510. The molecule has 0 saturated heterocycles. The van der Waals surface area contributed by atoms with Crippen LogP contribution in [-0.4, -0.2) is 47.1 Å². The van der Waals surface area contributed by atoms with Crippen LogP contribution in [0.5, 0.6) is 0 Å². The predicted molar refractivity (Wildman–Crippen MR) is 176 cm³/mol. The molecule has 0 aliphatic carbocycles. The van der Waals surface area contributed by atoms with Gasteiger partial charge in [-0.3, -0.25) is 4.79 Å². The highest BCUT2D eigenvalue weighted by Crippen LogP contribution is 2.21. The van der Waals surface area contributed by atoms with Crippen molar-refractivity contribution in [2.45, 2.75) is 45.8 Å². The Hall–Kier alpha value is -4.91. The maximum absolute atomic E-state index is 13.7. The molecule has 4 aromatic rings. The summed E-state index contributed by atoms with van der Waals surface area (Å²) >= 11 is 0. The minimum Gasteiger partial charge on any atom is -0.480 e. The summed E-state index contributed by atoms with van der Waals surface area (Å²) in [5.74, 6) is -2.01. The number of rotatable bonds is 15. The molecule has 7 heteroatoms. The lowest BCUT2D eigenvalue weighted by Gasteiger charge is -2.30. The molecule has 45 heavy (non-hydrogen) atoms. The Morgan fingerprint density at radius 3 is 1.93 bits per heavy atom. The molecule has 4 rings (SSSR count). The van der Waals surface area contributed by atoms with Crippen LogP contribution in [0.3, 0.4) is 0 Å². The molecule has 7 nitrogen and oxygen atoms in total. The van der Waals surface area contributed by atoms with E-state index in [-0.39, 0.29) is 31.5 Å². The van der Waals surface area contributed by atoms with Gasteiger partial charge < -0.3 is 20.1 Å². The van der Waals surface area contributed by atoms with E-state index in [9.17, 15) is 19.5 Å². The van der Waals surface area contributed by atoms with Crippen LogP contribution in [-0.2, 0) is 33.8 Å². The number of carboxylic acid groups (broad SMARTS) is 1. The molecule has 0 saturated carbocycles. The molecule has 0 aliphatic heterocycles. The number of aryl methyl sites for hydroxylation is 1. The van der Waals surface area contributed by atoms with E-state index < -0.39 is 24.0 Å². The molecule has 0 aliphatic rings. The van der Waals surface area contributed by atoms with Crippen molar-refractivity contribution in [3.63, 3.8) is 0 Å². The molecule has 0 spiro atoms. The maximum Gasteiger partial charge on any atom is 0.326 e. The van der Waals surface area contributed by atoms with Gasteiger partial charge in [-0.05, 0) is 46.6 Å². The molecule has 0 heterocycles. The van der Waals surface area contributed by atoms with E-state index in [0.29, 0.717) is 19.4 Å². The van der Waals surface area contributed by atoms with Gasteiger partial charge in [0.25, 0.3) is 0 Å². The van der Waals surface area contributed by atoms with Crippen molar-refractivity contribution in [2.24, 2.45) is 11.8 Å². The van der Waals surface area contributed by atoms with Crippen molar-refractivity contribution in [3.8, 4) is 11.1 Å². The Kier molecular flexibility index (Phi) is 12.3. The number of aliphatic carboxylic acids is 1. The number of amides is 2. The third-order valence-corrected chi connectivity index (χ3v) is 7.56.